The molecule has 5 aromatic rings. The fraction of sp³-hybridized carbons (Fsp3) is 0.426. The highest BCUT2D eigenvalue weighted by Gasteiger charge is 2.35. The van der Waals surface area contributed by atoms with E-state index in [1.807, 2.05) is 31.2 Å². The summed E-state index contributed by atoms with van der Waals surface area (Å²) in [6.45, 7) is 3.86. The number of imidazole rings is 1. The lowest BCUT2D eigenvalue weighted by Gasteiger charge is -2.28. The summed E-state index contributed by atoms with van der Waals surface area (Å²) in [5.74, 6) is -8.54. The number of amides is 9. The number of oxime groups is 1. The van der Waals surface area contributed by atoms with Crippen molar-refractivity contribution in [2.24, 2.45) is 33.1 Å². The number of primary amides is 1. The van der Waals surface area contributed by atoms with Crippen LogP contribution in [-0.2, 0) is 67.3 Å². The van der Waals surface area contributed by atoms with Crippen LogP contribution in [0.4, 0.5) is 0 Å². The van der Waals surface area contributed by atoms with E-state index in [4.69, 9.17) is 27.8 Å². The van der Waals surface area contributed by atoms with Crippen molar-refractivity contribution in [3.63, 3.8) is 0 Å². The normalized spacial score (nSPS) is 13.4. The minimum absolute atomic E-state index is 0.0247. The van der Waals surface area contributed by atoms with E-state index in [-0.39, 0.29) is 63.4 Å². The standard InChI is InChI=1S/C61H83N17O12/c1-3-5-17-45(72-51(79)35-90-71-32-38-21-23-39(24-22-38)54(83)67-4-2)55(84)75-47(25-26-52(80)81)57(86)78-50(31-41-34-66-36-70-41)60(89)76-48(29-37-14-7-6-8-15-37)58(87)74-46(20-13-28-68-61(64)65)56(85)77-49(30-40-33-69-43-18-10-9-16-42(40)43)59(88)73-44(53(63)82)19-11-12-27-62/h6-10,14-16,18,21-24,32-34,36,44-50,69H,3-5,11-13,17,19-20,25-31,35,62H2,1-2H3,(H2,63,82)(H,66,70)(H,67,83)(H,72,79)(H,73,88)(H,74,87)(H,75,84)(H,76,89)(H,77,85)(H,78,86)(H,80,81)(H4,64,65,68)/b71-32-/t44-,45-,46-,47-,48+,49-,50-/m0/s1. The van der Waals surface area contributed by atoms with Crippen LogP contribution in [0.3, 0.4) is 0 Å². The topological polar surface area (TPSA) is 470 Å². The monoisotopic (exact) mass is 1250 g/mol. The summed E-state index contributed by atoms with van der Waals surface area (Å²) in [5, 5.41) is 35.7. The number of carboxylic acids is 1. The SMILES string of the molecule is CCCC[C@H](NC(=O)CO/N=C\c1ccc(C(=O)NCC)cc1)C(=O)N[C@@H](CCC(=O)O)C(=O)N[C@@H](Cc1cnc[nH]1)C(=O)N[C@H](Cc1ccccc1)C(=O)N[C@@H](CCCN=C(N)N)C(=O)N[C@@H](Cc1c[nH]c2ccccc12)C(=O)N[C@@H](CCCCN)C(N)=O. The quantitative estimate of drug-likeness (QED) is 0.0105. The van der Waals surface area contributed by atoms with Gasteiger partial charge in [0, 0.05) is 73.3 Å². The summed E-state index contributed by atoms with van der Waals surface area (Å²) < 4.78 is 0. The molecule has 9 amide bonds. The highest BCUT2D eigenvalue weighted by molar-refractivity contribution is 5.99. The number of nitrogens with one attached hydrogen (secondary N) is 10. The van der Waals surface area contributed by atoms with Crippen LogP contribution < -0.4 is 65.5 Å². The Bertz CT molecular complexity index is 3230. The lowest BCUT2D eigenvalue weighted by atomic mass is 10.0. The molecule has 0 fully saturated rings. The summed E-state index contributed by atoms with van der Waals surface area (Å²) >= 11 is 0. The number of H-pyrrole nitrogens is 2. The van der Waals surface area contributed by atoms with Gasteiger partial charge in [0.05, 0.1) is 12.5 Å². The molecule has 0 aliphatic carbocycles. The summed E-state index contributed by atoms with van der Waals surface area (Å²) in [4.78, 5) is 156. The highest BCUT2D eigenvalue weighted by atomic mass is 16.6. The molecule has 29 nitrogen and oxygen atoms in total. The van der Waals surface area contributed by atoms with Crippen molar-refractivity contribution in [3.8, 4) is 0 Å². The minimum Gasteiger partial charge on any atom is -0.481 e. The number of hydrogen-bond acceptors (Lipinski definition) is 15. The summed E-state index contributed by atoms with van der Waals surface area (Å²) in [7, 11) is 0. The maximum Gasteiger partial charge on any atom is 0.303 e. The second kappa shape index (κ2) is 37.5. The van der Waals surface area contributed by atoms with Crippen molar-refractivity contribution in [1.29, 1.82) is 0 Å². The first-order valence-corrected chi connectivity index (χ1v) is 29.8. The van der Waals surface area contributed by atoms with E-state index in [0.717, 1.165) is 10.9 Å². The van der Waals surface area contributed by atoms with Crippen LogP contribution in [0, 0.1) is 0 Å². The van der Waals surface area contributed by atoms with Crippen molar-refractivity contribution in [1.82, 2.24) is 57.5 Å². The number of carbonyl (C=O) groups excluding carboxylic acids is 9. The molecule has 90 heavy (non-hydrogen) atoms. The number of aromatic nitrogens is 3. The number of para-hydroxylation sites is 1. The third-order valence-corrected chi connectivity index (χ3v) is 14.2. The zero-order chi connectivity index (χ0) is 65.4. The summed E-state index contributed by atoms with van der Waals surface area (Å²) in [5.41, 5.74) is 25.9. The molecule has 0 aliphatic rings. The molecule has 19 N–H and O–H groups in total. The predicted molar refractivity (Wildman–Crippen MR) is 334 cm³/mol. The zero-order valence-electron chi connectivity index (χ0n) is 50.5. The van der Waals surface area contributed by atoms with E-state index in [1.54, 1.807) is 67.7 Å². The molecule has 0 aliphatic heterocycles. The number of unbranched alkanes of at least 4 members (excludes halogenated alkanes) is 2. The molecular formula is C61H83N17O12. The van der Waals surface area contributed by atoms with Crippen molar-refractivity contribution in [2.75, 3.05) is 26.2 Å². The van der Waals surface area contributed by atoms with Gasteiger partial charge < -0.3 is 85.4 Å². The van der Waals surface area contributed by atoms with Gasteiger partial charge in [-0.05, 0) is 93.3 Å². The molecule has 5 rings (SSSR count). The van der Waals surface area contributed by atoms with Gasteiger partial charge >= 0.3 is 5.97 Å². The first-order chi connectivity index (χ1) is 43.3. The van der Waals surface area contributed by atoms with Crippen LogP contribution in [0.15, 0.2) is 108 Å². The maximum atomic E-state index is 14.9. The maximum absolute atomic E-state index is 14.9. The van der Waals surface area contributed by atoms with E-state index < -0.39 is 115 Å². The Morgan fingerprint density at radius 2 is 1.19 bits per heavy atom. The summed E-state index contributed by atoms with van der Waals surface area (Å²) in [6, 6.07) is 12.6. The van der Waals surface area contributed by atoms with Crippen molar-refractivity contribution in [3.05, 3.63) is 126 Å². The van der Waals surface area contributed by atoms with Gasteiger partial charge in [-0.2, -0.15) is 0 Å². The number of aromatic amines is 2. The Hall–Kier alpha value is -10.2. The Balaban J connectivity index is 1.39. The zero-order valence-corrected chi connectivity index (χ0v) is 50.5. The van der Waals surface area contributed by atoms with Gasteiger partial charge in [0.25, 0.3) is 11.8 Å². The van der Waals surface area contributed by atoms with Gasteiger partial charge in [-0.15, -0.1) is 0 Å². The Morgan fingerprint density at radius 3 is 1.79 bits per heavy atom. The van der Waals surface area contributed by atoms with Crippen molar-refractivity contribution < 1.29 is 57.9 Å². The van der Waals surface area contributed by atoms with Gasteiger partial charge in [-0.3, -0.25) is 52.9 Å². The number of rotatable bonds is 40. The Morgan fingerprint density at radius 1 is 0.622 bits per heavy atom. The molecule has 0 spiro atoms. The molecule has 0 bridgehead atoms. The number of benzene rings is 3. The fourth-order valence-corrected chi connectivity index (χ4v) is 9.43. The summed E-state index contributed by atoms with van der Waals surface area (Å²) in [6.07, 6.45) is 6.53. The molecule has 3 aromatic carbocycles. The number of aliphatic carboxylic acids is 1. The molecule has 0 unspecified atom stereocenters. The Labute approximate surface area is 520 Å². The molecule has 0 saturated carbocycles. The lowest BCUT2D eigenvalue weighted by molar-refractivity contribution is -0.138. The van der Waals surface area contributed by atoms with Gasteiger partial charge in [0.15, 0.2) is 12.6 Å². The lowest BCUT2D eigenvalue weighted by Crippen LogP contribution is -2.61. The van der Waals surface area contributed by atoms with Crippen LogP contribution in [-0.4, -0.2) is 160 Å². The van der Waals surface area contributed by atoms with Gasteiger partial charge in [0.2, 0.25) is 41.4 Å². The fourth-order valence-electron chi connectivity index (χ4n) is 9.43. The molecule has 2 heterocycles. The highest BCUT2D eigenvalue weighted by Crippen LogP contribution is 2.20. The number of fused-ring (bicyclic) bond motifs is 1. The van der Waals surface area contributed by atoms with Gasteiger partial charge in [0.1, 0.15) is 42.3 Å². The minimum atomic E-state index is -1.59. The number of carbonyl (C=O) groups is 10. The number of aliphatic imine (C=N–C) groups is 1. The van der Waals surface area contributed by atoms with Crippen LogP contribution >= 0.6 is 0 Å². The molecule has 0 radical (unpaired) electrons. The number of nitrogens with two attached hydrogens (primary N) is 4. The van der Waals surface area contributed by atoms with E-state index in [2.05, 4.69) is 67.6 Å². The van der Waals surface area contributed by atoms with E-state index in [0.29, 0.717) is 66.7 Å². The average molecular weight is 1250 g/mol. The Kier molecular flexibility index (Phi) is 29.4. The van der Waals surface area contributed by atoms with Crippen molar-refractivity contribution in [2.45, 2.75) is 140 Å². The first-order valence-electron chi connectivity index (χ1n) is 29.8. The smallest absolute Gasteiger partial charge is 0.303 e. The van der Waals surface area contributed by atoms with E-state index in [9.17, 15) is 53.1 Å². The molecule has 29 heteroatoms. The molecule has 0 saturated heterocycles. The number of guanidine groups is 1. The third kappa shape index (κ3) is 24.2. The first kappa shape index (κ1) is 70.6. The van der Waals surface area contributed by atoms with Crippen LogP contribution in [0.25, 0.3) is 10.9 Å². The van der Waals surface area contributed by atoms with Crippen LogP contribution in [0.2, 0.25) is 0 Å². The molecular weight excluding hydrogens is 1160 g/mol. The van der Waals surface area contributed by atoms with E-state index >= 15 is 0 Å². The molecule has 484 valence electrons. The number of carboxylic acid groups (broad SMARTS) is 1. The largest absolute Gasteiger partial charge is 0.481 e. The van der Waals surface area contributed by atoms with Crippen LogP contribution in [0.5, 0.6) is 0 Å². The second-order valence-corrected chi connectivity index (χ2v) is 21.2. The van der Waals surface area contributed by atoms with Gasteiger partial charge in [-0.1, -0.05) is 85.6 Å². The molecule has 2 aromatic heterocycles. The van der Waals surface area contributed by atoms with Gasteiger partial charge in [-0.25, -0.2) is 4.98 Å². The van der Waals surface area contributed by atoms with E-state index in [1.165, 1.54) is 18.7 Å². The molecule has 7 atom stereocenters. The number of hydrogen-bond donors (Lipinski definition) is 15. The third-order valence-electron chi connectivity index (χ3n) is 14.2. The van der Waals surface area contributed by atoms with Crippen LogP contribution in [0.1, 0.15) is 111 Å². The predicted octanol–water partition coefficient (Wildman–Crippen LogP) is -0.164. The van der Waals surface area contributed by atoms with Crippen molar-refractivity contribution >= 4 is 82.2 Å². The second-order valence-electron chi connectivity index (χ2n) is 21.2. The number of nitrogens with zero attached hydrogens (tertiary/aromatic N) is 3. The average Bonchev–Trinajstić information content (AvgIpc) is 2.27.